The smallest absolute Gasteiger partial charge is 0.420 e. The highest BCUT2D eigenvalue weighted by Gasteiger charge is 2.28. The Labute approximate surface area is 370 Å². The first-order valence-electron chi connectivity index (χ1n) is 19.7. The first-order chi connectivity index (χ1) is 29.6. The minimum Gasteiger partial charge on any atom is -0.465 e. The van der Waals surface area contributed by atoms with Gasteiger partial charge in [0.25, 0.3) is 0 Å². The summed E-state index contributed by atoms with van der Waals surface area (Å²) in [6.07, 6.45) is -0.694. The van der Waals surface area contributed by atoms with Crippen LogP contribution in [0.1, 0.15) is 55.5 Å². The van der Waals surface area contributed by atoms with Crippen molar-refractivity contribution >= 4 is 58.6 Å². The van der Waals surface area contributed by atoms with Crippen LogP contribution in [0, 0.1) is 32.4 Å². The largest absolute Gasteiger partial charge is 0.465 e. The second kappa shape index (κ2) is 21.7. The van der Waals surface area contributed by atoms with Crippen molar-refractivity contribution in [1.29, 1.82) is 0 Å². The van der Waals surface area contributed by atoms with Crippen LogP contribution in [0.4, 0.5) is 29.7 Å². The van der Waals surface area contributed by atoms with Crippen molar-refractivity contribution in [2.45, 2.75) is 40.8 Å². The molecule has 1 heterocycles. The van der Waals surface area contributed by atoms with Crippen molar-refractivity contribution < 1.29 is 42.2 Å². The van der Waals surface area contributed by atoms with E-state index in [2.05, 4.69) is 21.3 Å². The SMILES string of the molecule is CCN1CCN(C(=O)N(Cc2ccc(C(=O)OC)cc2F)c2ccc(C)c(Cl)c2)CC1.COC(=O)c1ccc(CN(C(=O)Oc2ccc(C)cc2)c2ccc(C)c(Cl)c2)c(F)c1. The summed E-state index contributed by atoms with van der Waals surface area (Å²) in [6, 6.07) is 25.3. The van der Waals surface area contributed by atoms with Gasteiger partial charge < -0.3 is 24.0 Å². The number of hydrogen-bond acceptors (Lipinski definition) is 8. The van der Waals surface area contributed by atoms with Crippen LogP contribution >= 0.6 is 23.2 Å². The maximum absolute atomic E-state index is 14.8. The number of methoxy groups -OCH3 is 2. The number of rotatable bonds is 10. The highest BCUT2D eigenvalue weighted by molar-refractivity contribution is 6.32. The molecule has 1 saturated heterocycles. The monoisotopic (exact) mass is 888 g/mol. The Hall–Kier alpha value is -6.02. The Morgan fingerprint density at radius 2 is 1.10 bits per heavy atom. The van der Waals surface area contributed by atoms with Gasteiger partial charge in [-0.25, -0.2) is 28.0 Å². The molecule has 0 saturated carbocycles. The maximum atomic E-state index is 14.8. The van der Waals surface area contributed by atoms with Gasteiger partial charge in [-0.15, -0.1) is 0 Å². The van der Waals surface area contributed by atoms with Gasteiger partial charge in [0.2, 0.25) is 0 Å². The fourth-order valence-electron chi connectivity index (χ4n) is 6.40. The van der Waals surface area contributed by atoms with Crippen LogP contribution in [0.2, 0.25) is 10.0 Å². The van der Waals surface area contributed by atoms with Gasteiger partial charge in [-0.3, -0.25) is 9.80 Å². The van der Waals surface area contributed by atoms with Crippen molar-refractivity contribution in [1.82, 2.24) is 9.80 Å². The van der Waals surface area contributed by atoms with E-state index in [0.29, 0.717) is 45.8 Å². The van der Waals surface area contributed by atoms with Gasteiger partial charge in [0.15, 0.2) is 0 Å². The zero-order chi connectivity index (χ0) is 45.1. The Morgan fingerprint density at radius 3 is 1.53 bits per heavy atom. The van der Waals surface area contributed by atoms with Crippen LogP contribution in [-0.4, -0.2) is 80.8 Å². The number of nitrogens with zero attached hydrogens (tertiary/aromatic N) is 4. The Morgan fingerprint density at radius 1 is 0.629 bits per heavy atom. The molecule has 1 aliphatic heterocycles. The summed E-state index contributed by atoms with van der Waals surface area (Å²) in [5.41, 5.74) is 4.49. The number of anilines is 2. The molecule has 0 aliphatic carbocycles. The number of aryl methyl sites for hydroxylation is 3. The number of amides is 3. The van der Waals surface area contributed by atoms with E-state index in [9.17, 15) is 28.0 Å². The van der Waals surface area contributed by atoms with Crippen LogP contribution < -0.4 is 14.5 Å². The Kier molecular flexibility index (Phi) is 16.4. The normalized spacial score (nSPS) is 12.5. The van der Waals surface area contributed by atoms with E-state index in [1.54, 1.807) is 41.3 Å². The number of halogens is 4. The highest BCUT2D eigenvalue weighted by atomic mass is 35.5. The molecule has 15 heteroatoms. The zero-order valence-electron chi connectivity index (χ0n) is 35.3. The lowest BCUT2D eigenvalue weighted by molar-refractivity contribution is 0.0591. The van der Waals surface area contributed by atoms with Crippen LogP contribution in [0.5, 0.6) is 5.75 Å². The first kappa shape index (κ1) is 47.0. The van der Waals surface area contributed by atoms with Crippen molar-refractivity contribution in [3.8, 4) is 5.75 Å². The summed E-state index contributed by atoms with van der Waals surface area (Å²) in [5.74, 6) is -2.12. The molecule has 0 spiro atoms. The fraction of sp³-hybridized carbons (Fsp3) is 0.277. The molecule has 5 aromatic carbocycles. The number of esters is 2. The summed E-state index contributed by atoms with van der Waals surface area (Å²) in [5, 5.41) is 1.000. The molecular formula is C47H48Cl2F2N4O7. The second-order valence-electron chi connectivity index (χ2n) is 14.5. The Balaban J connectivity index is 0.000000234. The first-order valence-corrected chi connectivity index (χ1v) is 20.5. The number of carbonyl (C=O) groups excluding carboxylic acids is 4. The minimum absolute atomic E-state index is 0.0134. The molecule has 1 aliphatic rings. The maximum Gasteiger partial charge on any atom is 0.420 e. The van der Waals surface area contributed by atoms with Gasteiger partial charge in [-0.05, 0) is 99.1 Å². The summed E-state index contributed by atoms with van der Waals surface area (Å²) >= 11 is 12.6. The van der Waals surface area contributed by atoms with Crippen LogP contribution in [-0.2, 0) is 22.6 Å². The van der Waals surface area contributed by atoms with E-state index < -0.39 is 29.7 Å². The number of benzene rings is 5. The Bertz CT molecular complexity index is 2410. The standard InChI is InChI=1S/C24H21ClFNO4.C23H27ClFN3O3/c1-15-4-10-20(11-5-15)31-24(29)27(19-9-6-16(2)21(25)13-19)14-18-8-7-17(12-22(18)26)23(28)30-3;1-4-26-9-11-27(12-10-26)23(30)28(19-8-5-16(2)20(24)14-19)15-18-7-6-17(13-21(18)25)22(29)31-3/h4-13H,14H2,1-3H3;5-8,13-14H,4,9-12,15H2,1-3H3. The number of carbonyl (C=O) groups is 4. The van der Waals surface area contributed by atoms with E-state index in [1.165, 1.54) is 48.3 Å². The van der Waals surface area contributed by atoms with E-state index in [4.69, 9.17) is 27.9 Å². The molecule has 5 aromatic rings. The van der Waals surface area contributed by atoms with Gasteiger partial charge in [0, 0.05) is 58.7 Å². The van der Waals surface area contributed by atoms with E-state index in [1.807, 2.05) is 45.0 Å². The van der Waals surface area contributed by atoms with Gasteiger partial charge in [0.05, 0.1) is 38.4 Å². The minimum atomic E-state index is -0.694. The molecule has 0 radical (unpaired) electrons. The molecule has 0 unspecified atom stereocenters. The second-order valence-corrected chi connectivity index (χ2v) is 15.3. The van der Waals surface area contributed by atoms with Gasteiger partial charge >= 0.3 is 24.1 Å². The molecule has 0 bridgehead atoms. The molecule has 0 atom stereocenters. The lowest BCUT2D eigenvalue weighted by atomic mass is 10.1. The predicted molar refractivity (Wildman–Crippen MR) is 237 cm³/mol. The topological polar surface area (TPSA) is 109 Å². The number of piperazine rings is 1. The van der Waals surface area contributed by atoms with Crippen LogP contribution in [0.15, 0.2) is 97.1 Å². The number of urea groups is 1. The van der Waals surface area contributed by atoms with Crippen LogP contribution in [0.25, 0.3) is 0 Å². The summed E-state index contributed by atoms with van der Waals surface area (Å²) in [6.45, 7) is 11.4. The molecule has 0 N–H and O–H groups in total. The molecule has 0 aromatic heterocycles. The zero-order valence-corrected chi connectivity index (χ0v) is 36.9. The van der Waals surface area contributed by atoms with E-state index >= 15 is 0 Å². The molecule has 11 nitrogen and oxygen atoms in total. The molecular weight excluding hydrogens is 841 g/mol. The van der Waals surface area contributed by atoms with Crippen molar-refractivity contribution in [2.24, 2.45) is 0 Å². The number of ether oxygens (including phenoxy) is 3. The average molecular weight is 890 g/mol. The lowest BCUT2D eigenvalue weighted by Gasteiger charge is -2.37. The highest BCUT2D eigenvalue weighted by Crippen LogP contribution is 2.29. The molecule has 6 rings (SSSR count). The van der Waals surface area contributed by atoms with Crippen molar-refractivity contribution in [3.05, 3.63) is 158 Å². The number of hydrogen-bond donors (Lipinski definition) is 0. The molecule has 1 fully saturated rings. The molecule has 326 valence electrons. The average Bonchev–Trinajstić information content (AvgIpc) is 3.27. The predicted octanol–water partition coefficient (Wildman–Crippen LogP) is 10.4. The van der Waals surface area contributed by atoms with Crippen molar-refractivity contribution in [2.75, 3.05) is 56.7 Å². The van der Waals surface area contributed by atoms with Gasteiger partial charge in [-0.2, -0.15) is 0 Å². The quantitative estimate of drug-likeness (QED) is 0.128. The van der Waals surface area contributed by atoms with E-state index in [-0.39, 0.29) is 35.8 Å². The third-order valence-corrected chi connectivity index (χ3v) is 11.1. The van der Waals surface area contributed by atoms with E-state index in [0.717, 1.165) is 48.5 Å². The summed E-state index contributed by atoms with van der Waals surface area (Å²) < 4.78 is 44.2. The number of likely N-dealkylation sites (N-methyl/N-ethyl adjacent to an activating group) is 1. The third-order valence-electron chi connectivity index (χ3n) is 10.3. The fourth-order valence-corrected chi connectivity index (χ4v) is 6.75. The third kappa shape index (κ3) is 12.1. The van der Waals surface area contributed by atoms with Gasteiger partial charge in [-0.1, -0.05) is 72.1 Å². The van der Waals surface area contributed by atoms with Gasteiger partial charge in [0.1, 0.15) is 17.4 Å². The van der Waals surface area contributed by atoms with Crippen molar-refractivity contribution in [3.63, 3.8) is 0 Å². The summed E-state index contributed by atoms with van der Waals surface area (Å²) in [4.78, 5) is 56.6. The molecule has 62 heavy (non-hydrogen) atoms. The lowest BCUT2D eigenvalue weighted by Crippen LogP contribution is -2.52. The van der Waals surface area contributed by atoms with Crippen LogP contribution in [0.3, 0.4) is 0 Å². The summed E-state index contributed by atoms with van der Waals surface area (Å²) in [7, 11) is 2.46. The molecule has 3 amide bonds.